The topological polar surface area (TPSA) is 78.1 Å². The highest BCUT2D eigenvalue weighted by Crippen LogP contribution is 2.29. The third kappa shape index (κ3) is 5.85. The van der Waals surface area contributed by atoms with Gasteiger partial charge >= 0.3 is 0 Å². The average molecular weight is 510 g/mol. The normalized spacial score (nSPS) is 11.3. The molecule has 0 bridgehead atoms. The second-order valence-electron chi connectivity index (χ2n) is 9.04. The van der Waals surface area contributed by atoms with E-state index in [2.05, 4.69) is 12.1 Å². The highest BCUT2D eigenvalue weighted by molar-refractivity contribution is 5.64. The van der Waals surface area contributed by atoms with Gasteiger partial charge in [0.1, 0.15) is 11.4 Å². The maximum absolute atomic E-state index is 11.2. The van der Waals surface area contributed by atoms with Crippen molar-refractivity contribution in [2.24, 2.45) is 0 Å². The summed E-state index contributed by atoms with van der Waals surface area (Å²) in [6.45, 7) is 0.476. The molecular formula is C31H31N3O4. The molecule has 2 heterocycles. The number of hydrogen-bond donors (Lipinski definition) is 1. The molecule has 38 heavy (non-hydrogen) atoms. The van der Waals surface area contributed by atoms with E-state index in [9.17, 15) is 5.11 Å². The fraction of sp³-hybridized carbons (Fsp3) is 0.226. The number of nitrogens with zero attached hydrogens (tertiary/aromatic N) is 3. The highest BCUT2D eigenvalue weighted by Gasteiger charge is 2.18. The van der Waals surface area contributed by atoms with E-state index in [0.29, 0.717) is 37.2 Å². The summed E-state index contributed by atoms with van der Waals surface area (Å²) in [7, 11) is 3.23. The van der Waals surface area contributed by atoms with E-state index in [1.807, 2.05) is 79.0 Å². The van der Waals surface area contributed by atoms with E-state index in [0.717, 1.165) is 33.8 Å². The van der Waals surface area contributed by atoms with Crippen LogP contribution in [-0.4, -0.2) is 46.6 Å². The molecule has 3 aromatic carbocycles. The molecule has 0 spiro atoms. The summed E-state index contributed by atoms with van der Waals surface area (Å²) in [5.74, 6) is 0.883. The van der Waals surface area contributed by atoms with E-state index in [4.69, 9.17) is 24.2 Å². The molecule has 0 amide bonds. The van der Waals surface area contributed by atoms with Gasteiger partial charge in [-0.2, -0.15) is 0 Å². The minimum atomic E-state index is -0.289. The first-order valence-corrected chi connectivity index (χ1v) is 12.6. The van der Waals surface area contributed by atoms with Crippen LogP contribution in [-0.2, 0) is 22.3 Å². The van der Waals surface area contributed by atoms with Crippen molar-refractivity contribution >= 4 is 5.65 Å². The number of aromatic hydroxyl groups is 1. The van der Waals surface area contributed by atoms with Crippen LogP contribution in [0.5, 0.6) is 11.6 Å². The quantitative estimate of drug-likeness (QED) is 0.231. The Morgan fingerprint density at radius 3 is 1.97 bits per heavy atom. The molecule has 194 valence electrons. The number of rotatable bonds is 11. The summed E-state index contributed by atoms with van der Waals surface area (Å²) in [5, 5.41) is 11.2. The number of methoxy groups -OCH3 is 2. The van der Waals surface area contributed by atoms with Gasteiger partial charge in [0.05, 0.1) is 18.0 Å². The van der Waals surface area contributed by atoms with Crippen molar-refractivity contribution in [3.63, 3.8) is 0 Å². The second-order valence-corrected chi connectivity index (χ2v) is 9.04. The van der Waals surface area contributed by atoms with Crippen LogP contribution in [0.2, 0.25) is 0 Å². The Bertz CT molecular complexity index is 1460. The lowest BCUT2D eigenvalue weighted by Gasteiger charge is -2.14. The van der Waals surface area contributed by atoms with Gasteiger partial charge in [-0.3, -0.25) is 4.40 Å². The number of fused-ring (bicyclic) bond motifs is 1. The fourth-order valence-corrected chi connectivity index (χ4v) is 4.42. The summed E-state index contributed by atoms with van der Waals surface area (Å²) in [6, 6.07) is 28.0. The highest BCUT2D eigenvalue weighted by atomic mass is 16.7. The molecule has 5 aromatic rings. The Hall–Kier alpha value is -4.20. The zero-order chi connectivity index (χ0) is 26.3. The van der Waals surface area contributed by atoms with Crippen LogP contribution in [0.1, 0.15) is 28.9 Å². The number of imidazole rings is 1. The Balaban J connectivity index is 1.46. The van der Waals surface area contributed by atoms with Crippen molar-refractivity contribution in [3.8, 4) is 22.9 Å². The third-order valence-electron chi connectivity index (χ3n) is 6.45. The van der Waals surface area contributed by atoms with Gasteiger partial charge in [-0.15, -0.1) is 0 Å². The van der Waals surface area contributed by atoms with Crippen LogP contribution < -0.4 is 4.74 Å². The average Bonchev–Trinajstić information content (AvgIpc) is 3.27. The molecule has 7 heteroatoms. The maximum Gasteiger partial charge on any atom is 0.219 e. The first-order chi connectivity index (χ1) is 18.6. The van der Waals surface area contributed by atoms with Crippen LogP contribution in [0.15, 0.2) is 91.1 Å². The first-order valence-electron chi connectivity index (χ1n) is 12.6. The lowest BCUT2D eigenvalue weighted by molar-refractivity contribution is -0.110. The SMILES string of the molecule is COC(CCOc1ccc(-c2cn3c(O)c(Cc4ccccc4)nc3c(Cc3ccccc3)n2)cc1)OC. The van der Waals surface area contributed by atoms with E-state index in [-0.39, 0.29) is 12.2 Å². The maximum atomic E-state index is 11.2. The van der Waals surface area contributed by atoms with Crippen molar-refractivity contribution in [1.29, 1.82) is 0 Å². The number of benzene rings is 3. The van der Waals surface area contributed by atoms with Gasteiger partial charge in [-0.1, -0.05) is 60.7 Å². The molecule has 1 N–H and O–H groups in total. The lowest BCUT2D eigenvalue weighted by Crippen LogP contribution is -2.16. The van der Waals surface area contributed by atoms with E-state index in [1.165, 1.54) is 0 Å². The minimum Gasteiger partial charge on any atom is -0.493 e. The van der Waals surface area contributed by atoms with Crippen LogP contribution in [0, 0.1) is 0 Å². The van der Waals surface area contributed by atoms with Crippen molar-refractivity contribution in [1.82, 2.24) is 14.4 Å². The molecule has 0 saturated heterocycles. The van der Waals surface area contributed by atoms with Gasteiger partial charge in [0.2, 0.25) is 5.88 Å². The van der Waals surface area contributed by atoms with Gasteiger partial charge in [0, 0.05) is 45.2 Å². The zero-order valence-corrected chi connectivity index (χ0v) is 21.6. The number of hydrogen-bond acceptors (Lipinski definition) is 6. The summed E-state index contributed by atoms with van der Waals surface area (Å²) in [6.07, 6.45) is 3.32. The largest absolute Gasteiger partial charge is 0.493 e. The first kappa shape index (κ1) is 25.4. The number of ether oxygens (including phenoxy) is 3. The minimum absolute atomic E-state index is 0.132. The summed E-state index contributed by atoms with van der Waals surface area (Å²) in [4.78, 5) is 9.82. The Morgan fingerprint density at radius 2 is 1.37 bits per heavy atom. The molecule has 0 fully saturated rings. The predicted octanol–water partition coefficient (Wildman–Crippen LogP) is 5.67. The van der Waals surface area contributed by atoms with Crippen molar-refractivity contribution in [3.05, 3.63) is 114 Å². The Labute approximate surface area is 222 Å². The van der Waals surface area contributed by atoms with Crippen LogP contribution in [0.3, 0.4) is 0 Å². The van der Waals surface area contributed by atoms with Crippen molar-refractivity contribution in [2.75, 3.05) is 20.8 Å². The molecule has 0 aliphatic rings. The zero-order valence-electron chi connectivity index (χ0n) is 21.6. The molecule has 0 unspecified atom stereocenters. The van der Waals surface area contributed by atoms with E-state index in [1.54, 1.807) is 18.6 Å². The molecule has 7 nitrogen and oxygen atoms in total. The van der Waals surface area contributed by atoms with Crippen LogP contribution >= 0.6 is 0 Å². The molecule has 0 aliphatic heterocycles. The third-order valence-corrected chi connectivity index (χ3v) is 6.45. The predicted molar refractivity (Wildman–Crippen MR) is 147 cm³/mol. The Morgan fingerprint density at radius 1 is 0.763 bits per heavy atom. The van der Waals surface area contributed by atoms with Crippen molar-refractivity contribution in [2.45, 2.75) is 25.6 Å². The lowest BCUT2D eigenvalue weighted by atomic mass is 10.1. The van der Waals surface area contributed by atoms with E-state index < -0.39 is 0 Å². The van der Waals surface area contributed by atoms with E-state index >= 15 is 0 Å². The smallest absolute Gasteiger partial charge is 0.219 e. The molecule has 0 atom stereocenters. The van der Waals surface area contributed by atoms with Gasteiger partial charge in [-0.05, 0) is 35.4 Å². The summed E-state index contributed by atoms with van der Waals surface area (Å²) in [5.41, 5.74) is 5.95. The standard InChI is InChI=1S/C31H31N3O4/c1-36-29(37-2)17-18-38-25-15-13-24(14-16-25)28-21-34-30(26(32-28)19-22-9-5-3-6-10-22)33-27(31(34)35)20-23-11-7-4-8-12-23/h3-16,21,29,35H,17-20H2,1-2H3. The summed E-state index contributed by atoms with van der Waals surface area (Å²) >= 11 is 0. The molecule has 2 aromatic heterocycles. The second kappa shape index (κ2) is 11.9. The van der Waals surface area contributed by atoms with Gasteiger partial charge in [0.25, 0.3) is 0 Å². The Kier molecular flexibility index (Phi) is 7.97. The van der Waals surface area contributed by atoms with Crippen LogP contribution in [0.4, 0.5) is 0 Å². The molecule has 0 aliphatic carbocycles. The van der Waals surface area contributed by atoms with Gasteiger partial charge in [0.15, 0.2) is 11.9 Å². The monoisotopic (exact) mass is 509 g/mol. The van der Waals surface area contributed by atoms with Gasteiger partial charge < -0.3 is 19.3 Å². The summed E-state index contributed by atoms with van der Waals surface area (Å²) < 4.78 is 18.0. The van der Waals surface area contributed by atoms with Crippen LogP contribution in [0.25, 0.3) is 16.9 Å². The fourth-order valence-electron chi connectivity index (χ4n) is 4.42. The molecule has 0 saturated carbocycles. The van der Waals surface area contributed by atoms with Crippen molar-refractivity contribution < 1.29 is 19.3 Å². The van der Waals surface area contributed by atoms with Gasteiger partial charge in [-0.25, -0.2) is 9.97 Å². The molecule has 0 radical (unpaired) electrons. The molecule has 5 rings (SSSR count). The number of aromatic nitrogens is 3. The molecular weight excluding hydrogens is 478 g/mol.